The van der Waals surface area contributed by atoms with Gasteiger partial charge in [-0.05, 0) is 24.6 Å². The van der Waals surface area contributed by atoms with Gasteiger partial charge in [0.25, 0.3) is 0 Å². The maximum Gasteiger partial charge on any atom is 0.241 e. The highest BCUT2D eigenvalue weighted by atomic mass is 35.5. The van der Waals surface area contributed by atoms with Crippen molar-refractivity contribution < 1.29 is 8.42 Å². The minimum Gasteiger partial charge on any atom is -0.399 e. The van der Waals surface area contributed by atoms with Crippen molar-refractivity contribution in [1.82, 2.24) is 4.72 Å². The van der Waals surface area contributed by atoms with Crippen molar-refractivity contribution >= 4 is 27.3 Å². The normalized spacial score (nSPS) is 11.4. The largest absolute Gasteiger partial charge is 0.399 e. The van der Waals surface area contributed by atoms with E-state index in [2.05, 4.69) is 11.3 Å². The summed E-state index contributed by atoms with van der Waals surface area (Å²) in [6, 6.07) is 4.71. The highest BCUT2D eigenvalue weighted by Gasteiger charge is 2.16. The quantitative estimate of drug-likeness (QED) is 0.808. The zero-order valence-corrected chi connectivity index (χ0v) is 10.4. The summed E-state index contributed by atoms with van der Waals surface area (Å²) in [5.74, 6) is 0. The molecular weight excluding hydrogens is 248 g/mol. The zero-order valence-electron chi connectivity index (χ0n) is 8.83. The van der Waals surface area contributed by atoms with Gasteiger partial charge in [0.1, 0.15) is 0 Å². The average Bonchev–Trinajstić information content (AvgIpc) is 2.19. The molecule has 0 spiro atoms. The van der Waals surface area contributed by atoms with Crippen molar-refractivity contribution in [3.8, 4) is 0 Å². The smallest absolute Gasteiger partial charge is 0.241 e. The molecule has 0 aromatic heterocycles. The molecule has 1 aromatic rings. The minimum atomic E-state index is -3.58. The molecule has 88 valence electrons. The molecule has 0 radical (unpaired) electrons. The Balaban J connectivity index is 3.07. The maximum atomic E-state index is 11.8. The Morgan fingerprint density at radius 2 is 2.19 bits per heavy atom. The van der Waals surface area contributed by atoms with Crippen LogP contribution in [0.25, 0.3) is 0 Å². The first-order chi connectivity index (χ1) is 7.33. The van der Waals surface area contributed by atoms with E-state index < -0.39 is 10.0 Å². The molecule has 0 saturated carbocycles. The SMILES string of the molecule is C=C(Cl)CNS(=O)(=O)c1cc(N)ccc1C. The predicted octanol–water partition coefficient (Wildman–Crippen LogP) is 1.61. The highest BCUT2D eigenvalue weighted by Crippen LogP contribution is 2.18. The number of anilines is 1. The molecule has 0 aliphatic heterocycles. The van der Waals surface area contributed by atoms with Crippen molar-refractivity contribution in [2.75, 3.05) is 12.3 Å². The van der Waals surface area contributed by atoms with E-state index in [9.17, 15) is 8.42 Å². The summed E-state index contributed by atoms with van der Waals surface area (Å²) in [5, 5.41) is 0.227. The molecule has 0 amide bonds. The number of hydrogen-bond donors (Lipinski definition) is 2. The van der Waals surface area contributed by atoms with Gasteiger partial charge in [0.05, 0.1) is 4.90 Å². The summed E-state index contributed by atoms with van der Waals surface area (Å²) in [4.78, 5) is 0.158. The average molecular weight is 261 g/mol. The van der Waals surface area contributed by atoms with E-state index in [1.54, 1.807) is 19.1 Å². The lowest BCUT2D eigenvalue weighted by Crippen LogP contribution is -2.25. The van der Waals surface area contributed by atoms with Gasteiger partial charge >= 0.3 is 0 Å². The molecule has 6 heteroatoms. The second kappa shape index (κ2) is 4.86. The van der Waals surface area contributed by atoms with Gasteiger partial charge in [-0.2, -0.15) is 0 Å². The lowest BCUT2D eigenvalue weighted by Gasteiger charge is -2.09. The molecule has 0 saturated heterocycles. The Morgan fingerprint density at radius 1 is 1.56 bits per heavy atom. The van der Waals surface area contributed by atoms with Crippen LogP contribution in [0.3, 0.4) is 0 Å². The molecule has 3 N–H and O–H groups in total. The summed E-state index contributed by atoms with van der Waals surface area (Å²) in [6.45, 7) is 5.10. The van der Waals surface area contributed by atoms with Crippen LogP contribution in [-0.2, 0) is 10.0 Å². The number of halogens is 1. The topological polar surface area (TPSA) is 72.2 Å². The third-order valence-electron chi connectivity index (χ3n) is 1.96. The molecule has 4 nitrogen and oxygen atoms in total. The van der Waals surface area contributed by atoms with Gasteiger partial charge in [0.2, 0.25) is 10.0 Å². The van der Waals surface area contributed by atoms with Crippen LogP contribution in [0.1, 0.15) is 5.56 Å². The Bertz CT molecular complexity index is 512. The fourth-order valence-corrected chi connectivity index (χ4v) is 2.61. The van der Waals surface area contributed by atoms with Crippen LogP contribution in [0.5, 0.6) is 0 Å². The number of rotatable bonds is 4. The lowest BCUT2D eigenvalue weighted by molar-refractivity contribution is 0.585. The molecule has 1 rings (SSSR count). The van der Waals surface area contributed by atoms with Gasteiger partial charge in [0.15, 0.2) is 0 Å². The van der Waals surface area contributed by atoms with E-state index in [0.29, 0.717) is 11.3 Å². The molecule has 1 aromatic carbocycles. The van der Waals surface area contributed by atoms with Crippen LogP contribution in [-0.4, -0.2) is 15.0 Å². The van der Waals surface area contributed by atoms with Gasteiger partial charge < -0.3 is 5.73 Å². The van der Waals surface area contributed by atoms with Gasteiger partial charge in [-0.15, -0.1) is 0 Å². The third kappa shape index (κ3) is 3.23. The molecule has 0 bridgehead atoms. The Hall–Kier alpha value is -1.04. The summed E-state index contributed by atoms with van der Waals surface area (Å²) in [5.41, 5.74) is 6.57. The molecule has 0 fully saturated rings. The van der Waals surface area contributed by atoms with Crippen LogP contribution >= 0.6 is 11.6 Å². The molecule has 16 heavy (non-hydrogen) atoms. The number of nitrogens with two attached hydrogens (primary N) is 1. The third-order valence-corrected chi connectivity index (χ3v) is 3.63. The number of sulfonamides is 1. The van der Waals surface area contributed by atoms with E-state index in [-0.39, 0.29) is 16.5 Å². The van der Waals surface area contributed by atoms with Gasteiger partial charge in [-0.25, -0.2) is 13.1 Å². The summed E-state index contributed by atoms with van der Waals surface area (Å²) >= 11 is 5.50. The van der Waals surface area contributed by atoms with Crippen LogP contribution in [0.15, 0.2) is 34.7 Å². The van der Waals surface area contributed by atoms with E-state index in [4.69, 9.17) is 17.3 Å². The molecule has 0 atom stereocenters. The summed E-state index contributed by atoms with van der Waals surface area (Å²) < 4.78 is 26.0. The number of hydrogen-bond acceptors (Lipinski definition) is 3. The monoisotopic (exact) mass is 260 g/mol. The lowest BCUT2D eigenvalue weighted by atomic mass is 10.2. The number of nitrogen functional groups attached to an aromatic ring is 1. The first-order valence-corrected chi connectivity index (χ1v) is 6.38. The van der Waals surface area contributed by atoms with Crippen LogP contribution in [0, 0.1) is 6.92 Å². The van der Waals surface area contributed by atoms with Crippen molar-refractivity contribution in [3.05, 3.63) is 35.4 Å². The van der Waals surface area contributed by atoms with Gasteiger partial charge in [0, 0.05) is 17.3 Å². The minimum absolute atomic E-state index is 0.00186. The van der Waals surface area contributed by atoms with Crippen molar-refractivity contribution in [1.29, 1.82) is 0 Å². The first kappa shape index (κ1) is 13.0. The molecule has 0 unspecified atom stereocenters. The standard InChI is InChI=1S/C10H13ClN2O2S/c1-7-3-4-9(12)5-10(7)16(14,15)13-6-8(2)11/h3-5,13H,2,6,12H2,1H3. The molecule has 0 heterocycles. The second-order valence-corrected chi connectivity index (χ2v) is 5.64. The Labute approximate surface area is 100 Å². The van der Waals surface area contributed by atoms with Crippen LogP contribution in [0.4, 0.5) is 5.69 Å². The summed E-state index contributed by atoms with van der Waals surface area (Å²) in [7, 11) is -3.58. The number of aryl methyl sites for hydroxylation is 1. The van der Waals surface area contributed by atoms with Gasteiger partial charge in [-0.1, -0.05) is 24.2 Å². The Morgan fingerprint density at radius 3 is 2.75 bits per heavy atom. The maximum absolute atomic E-state index is 11.8. The van der Waals surface area contributed by atoms with Crippen molar-refractivity contribution in [3.63, 3.8) is 0 Å². The van der Waals surface area contributed by atoms with E-state index in [1.165, 1.54) is 6.07 Å². The van der Waals surface area contributed by atoms with Crippen LogP contribution in [0.2, 0.25) is 0 Å². The fourth-order valence-electron chi connectivity index (χ4n) is 1.16. The van der Waals surface area contributed by atoms with Gasteiger partial charge in [-0.3, -0.25) is 0 Å². The number of benzene rings is 1. The van der Waals surface area contributed by atoms with E-state index >= 15 is 0 Å². The van der Waals surface area contributed by atoms with Crippen molar-refractivity contribution in [2.45, 2.75) is 11.8 Å². The van der Waals surface area contributed by atoms with E-state index in [0.717, 1.165) is 0 Å². The highest BCUT2D eigenvalue weighted by molar-refractivity contribution is 7.89. The second-order valence-electron chi connectivity index (χ2n) is 3.37. The van der Waals surface area contributed by atoms with Crippen molar-refractivity contribution in [2.24, 2.45) is 0 Å². The molecule has 0 aliphatic carbocycles. The van der Waals surface area contributed by atoms with Crippen LogP contribution < -0.4 is 10.5 Å². The Kier molecular flexibility index (Phi) is 3.96. The zero-order chi connectivity index (χ0) is 12.3. The number of nitrogens with one attached hydrogen (secondary N) is 1. The molecule has 0 aliphatic rings. The first-order valence-electron chi connectivity index (χ1n) is 4.52. The summed E-state index contributed by atoms with van der Waals surface area (Å²) in [6.07, 6.45) is 0. The van der Waals surface area contributed by atoms with E-state index in [1.807, 2.05) is 0 Å². The fraction of sp³-hybridized carbons (Fsp3) is 0.200. The molecular formula is C10H13ClN2O2S. The predicted molar refractivity (Wildman–Crippen MR) is 65.8 cm³/mol.